The fraction of sp³-hybridized carbons (Fsp3) is 0.500. The molecule has 5 heteroatoms. The second kappa shape index (κ2) is 4.83. The molecule has 1 unspecified atom stereocenters. The van der Waals surface area contributed by atoms with Gasteiger partial charge in [0.2, 0.25) is 0 Å². The molecule has 0 spiro atoms. The van der Waals surface area contributed by atoms with Crippen LogP contribution >= 0.6 is 0 Å². The van der Waals surface area contributed by atoms with E-state index in [0.717, 1.165) is 31.6 Å². The summed E-state index contributed by atoms with van der Waals surface area (Å²) < 4.78 is 6.77. The number of aromatic nitrogens is 1. The number of hydrogen-bond acceptors (Lipinski definition) is 4. The van der Waals surface area contributed by atoms with Gasteiger partial charge in [-0.15, -0.1) is 0 Å². The summed E-state index contributed by atoms with van der Waals surface area (Å²) in [6, 6.07) is 6.53. The lowest BCUT2D eigenvalue weighted by molar-refractivity contribution is 0.199. The van der Waals surface area contributed by atoms with Gasteiger partial charge in [0.15, 0.2) is 5.58 Å². The van der Waals surface area contributed by atoms with E-state index in [4.69, 9.17) is 4.42 Å². The van der Waals surface area contributed by atoms with Crippen LogP contribution in [0, 0.1) is 0 Å². The van der Waals surface area contributed by atoms with Gasteiger partial charge in [0.05, 0.1) is 5.52 Å². The number of rotatable bonds is 2. The quantitative estimate of drug-likeness (QED) is 0.859. The van der Waals surface area contributed by atoms with Crippen LogP contribution < -0.4 is 11.1 Å². The lowest BCUT2D eigenvalue weighted by Gasteiger charge is -2.33. The van der Waals surface area contributed by atoms with E-state index >= 15 is 0 Å². The zero-order valence-corrected chi connectivity index (χ0v) is 11.3. The first-order chi connectivity index (χ1) is 9.15. The highest BCUT2D eigenvalue weighted by Gasteiger charge is 2.19. The molecule has 19 heavy (non-hydrogen) atoms. The Kier molecular flexibility index (Phi) is 3.16. The van der Waals surface area contributed by atoms with E-state index in [-0.39, 0.29) is 5.76 Å². The highest BCUT2D eigenvalue weighted by molar-refractivity contribution is 5.73. The fourth-order valence-electron chi connectivity index (χ4n) is 2.67. The second-order valence-electron chi connectivity index (χ2n) is 5.27. The van der Waals surface area contributed by atoms with Crippen molar-refractivity contribution in [3.63, 3.8) is 0 Å². The molecule has 2 aromatic rings. The molecule has 0 bridgehead atoms. The molecule has 0 amide bonds. The molecule has 1 aliphatic heterocycles. The molecule has 2 heterocycles. The SMILES string of the molecule is CN1CCNCC1Cc1ccc2c(c1)oc(=O)n2C. The van der Waals surface area contributed by atoms with Gasteiger partial charge in [0, 0.05) is 32.7 Å². The Morgan fingerprint density at radius 2 is 2.26 bits per heavy atom. The average Bonchev–Trinajstić information content (AvgIpc) is 2.68. The fourth-order valence-corrected chi connectivity index (χ4v) is 2.67. The molecule has 1 aliphatic rings. The van der Waals surface area contributed by atoms with Gasteiger partial charge in [0.1, 0.15) is 0 Å². The molecule has 1 N–H and O–H groups in total. The molecule has 102 valence electrons. The minimum absolute atomic E-state index is 0.302. The van der Waals surface area contributed by atoms with E-state index in [1.807, 2.05) is 12.1 Å². The maximum absolute atomic E-state index is 11.5. The molecule has 1 aromatic heterocycles. The first-order valence-corrected chi connectivity index (χ1v) is 6.64. The van der Waals surface area contributed by atoms with Crippen LogP contribution in [0.3, 0.4) is 0 Å². The number of benzene rings is 1. The van der Waals surface area contributed by atoms with Crippen LogP contribution in [0.15, 0.2) is 27.4 Å². The Labute approximate surface area is 111 Å². The molecule has 1 atom stereocenters. The van der Waals surface area contributed by atoms with Crippen molar-refractivity contribution in [1.29, 1.82) is 0 Å². The summed E-state index contributed by atoms with van der Waals surface area (Å²) in [5.74, 6) is -0.302. The van der Waals surface area contributed by atoms with Crippen molar-refractivity contribution in [3.05, 3.63) is 34.3 Å². The summed E-state index contributed by atoms with van der Waals surface area (Å²) in [5, 5.41) is 3.42. The van der Waals surface area contributed by atoms with E-state index in [1.54, 1.807) is 7.05 Å². The summed E-state index contributed by atoms with van der Waals surface area (Å²) in [5.41, 5.74) is 2.74. The molecule has 0 radical (unpaired) electrons. The number of likely N-dealkylation sites (N-methyl/N-ethyl adjacent to an activating group) is 1. The highest BCUT2D eigenvalue weighted by atomic mass is 16.4. The molecule has 5 nitrogen and oxygen atoms in total. The lowest BCUT2D eigenvalue weighted by Crippen LogP contribution is -2.50. The zero-order valence-electron chi connectivity index (χ0n) is 11.3. The van der Waals surface area contributed by atoms with Crippen LogP contribution in [0.5, 0.6) is 0 Å². The maximum atomic E-state index is 11.5. The molecule has 0 aliphatic carbocycles. The van der Waals surface area contributed by atoms with Crippen molar-refractivity contribution < 1.29 is 4.42 Å². The van der Waals surface area contributed by atoms with E-state index in [2.05, 4.69) is 23.3 Å². The van der Waals surface area contributed by atoms with Crippen molar-refractivity contribution in [3.8, 4) is 0 Å². The average molecular weight is 261 g/mol. The van der Waals surface area contributed by atoms with Crippen molar-refractivity contribution in [2.45, 2.75) is 12.5 Å². The summed E-state index contributed by atoms with van der Waals surface area (Å²) >= 11 is 0. The van der Waals surface area contributed by atoms with Crippen LogP contribution in [0.2, 0.25) is 0 Å². The maximum Gasteiger partial charge on any atom is 0.419 e. The molecule has 1 saturated heterocycles. The number of piperazine rings is 1. The van der Waals surface area contributed by atoms with Crippen LogP contribution in [0.4, 0.5) is 0 Å². The van der Waals surface area contributed by atoms with Gasteiger partial charge in [-0.05, 0) is 31.2 Å². The predicted molar refractivity (Wildman–Crippen MR) is 74.4 cm³/mol. The van der Waals surface area contributed by atoms with Gasteiger partial charge in [-0.2, -0.15) is 0 Å². The first-order valence-electron chi connectivity index (χ1n) is 6.64. The smallest absolute Gasteiger partial charge is 0.408 e. The summed E-state index contributed by atoms with van der Waals surface area (Å²) in [4.78, 5) is 13.8. The van der Waals surface area contributed by atoms with Crippen LogP contribution in [-0.4, -0.2) is 42.2 Å². The zero-order chi connectivity index (χ0) is 13.4. The Hall–Kier alpha value is -1.59. The Morgan fingerprint density at radius 3 is 3.05 bits per heavy atom. The van der Waals surface area contributed by atoms with E-state index in [9.17, 15) is 4.79 Å². The lowest BCUT2D eigenvalue weighted by atomic mass is 10.0. The number of nitrogens with zero attached hydrogens (tertiary/aromatic N) is 2. The summed E-state index contributed by atoms with van der Waals surface area (Å²) in [6.45, 7) is 3.14. The summed E-state index contributed by atoms with van der Waals surface area (Å²) in [6.07, 6.45) is 0.970. The number of hydrogen-bond donors (Lipinski definition) is 1. The van der Waals surface area contributed by atoms with Crippen LogP contribution in [0.1, 0.15) is 5.56 Å². The Bertz CT molecular complexity index is 644. The van der Waals surface area contributed by atoms with Crippen molar-refractivity contribution >= 4 is 11.1 Å². The molecule has 0 saturated carbocycles. The van der Waals surface area contributed by atoms with E-state index in [1.165, 1.54) is 10.1 Å². The largest absolute Gasteiger partial charge is 0.419 e. The Balaban J connectivity index is 1.87. The first kappa shape index (κ1) is 12.4. The molecule has 1 fully saturated rings. The third-order valence-electron chi connectivity index (χ3n) is 3.97. The van der Waals surface area contributed by atoms with E-state index in [0.29, 0.717) is 11.6 Å². The molecule has 1 aromatic carbocycles. The monoisotopic (exact) mass is 261 g/mol. The van der Waals surface area contributed by atoms with Crippen molar-refractivity contribution in [2.24, 2.45) is 7.05 Å². The number of nitrogens with one attached hydrogen (secondary N) is 1. The minimum Gasteiger partial charge on any atom is -0.408 e. The van der Waals surface area contributed by atoms with Gasteiger partial charge in [-0.25, -0.2) is 4.79 Å². The molecule has 3 rings (SSSR count). The second-order valence-corrected chi connectivity index (χ2v) is 5.27. The minimum atomic E-state index is -0.302. The molecular formula is C14H19N3O2. The van der Waals surface area contributed by atoms with Crippen LogP contribution in [0.25, 0.3) is 11.1 Å². The summed E-state index contributed by atoms with van der Waals surface area (Å²) in [7, 11) is 3.89. The van der Waals surface area contributed by atoms with Gasteiger partial charge >= 0.3 is 5.76 Å². The topological polar surface area (TPSA) is 50.4 Å². The molecular weight excluding hydrogens is 242 g/mol. The van der Waals surface area contributed by atoms with Gasteiger partial charge in [-0.3, -0.25) is 4.57 Å². The number of aryl methyl sites for hydroxylation is 1. The third-order valence-corrected chi connectivity index (χ3v) is 3.97. The van der Waals surface area contributed by atoms with Gasteiger partial charge in [0.25, 0.3) is 0 Å². The number of fused-ring (bicyclic) bond motifs is 1. The van der Waals surface area contributed by atoms with Gasteiger partial charge in [-0.1, -0.05) is 6.07 Å². The highest BCUT2D eigenvalue weighted by Crippen LogP contribution is 2.17. The van der Waals surface area contributed by atoms with Crippen molar-refractivity contribution in [2.75, 3.05) is 26.7 Å². The predicted octanol–water partition coefficient (Wildman–Crippen LogP) is 0.578. The standard InChI is InChI=1S/C14H19N3O2/c1-16-6-5-15-9-11(16)7-10-3-4-12-13(8-10)19-14(18)17(12)2/h3-4,8,11,15H,5-7,9H2,1-2H3. The Morgan fingerprint density at radius 1 is 1.42 bits per heavy atom. The normalized spacial score (nSPS) is 21.1. The third kappa shape index (κ3) is 2.31. The van der Waals surface area contributed by atoms with Crippen molar-refractivity contribution in [1.82, 2.24) is 14.8 Å². The number of oxazole rings is 1. The van der Waals surface area contributed by atoms with Crippen LogP contribution in [-0.2, 0) is 13.5 Å². The van der Waals surface area contributed by atoms with E-state index < -0.39 is 0 Å². The van der Waals surface area contributed by atoms with Gasteiger partial charge < -0.3 is 14.6 Å².